The fourth-order valence-corrected chi connectivity index (χ4v) is 3.97. The van der Waals surface area contributed by atoms with Crippen LogP contribution in [0.3, 0.4) is 0 Å². The van der Waals surface area contributed by atoms with E-state index in [1.807, 2.05) is 32.0 Å². The van der Waals surface area contributed by atoms with Crippen LogP contribution in [0.2, 0.25) is 10.0 Å². The largest absolute Gasteiger partial charge is 0.488 e. The van der Waals surface area contributed by atoms with E-state index in [1.165, 1.54) is 6.21 Å². The highest BCUT2D eigenvalue weighted by Crippen LogP contribution is 2.32. The second-order valence-corrected chi connectivity index (χ2v) is 9.47. The number of carbonyl (C=O) groups excluding carboxylic acids is 2. The van der Waals surface area contributed by atoms with E-state index in [9.17, 15) is 9.59 Å². The number of hydrogen-bond acceptors (Lipinski definition) is 6. The van der Waals surface area contributed by atoms with E-state index in [-0.39, 0.29) is 19.3 Å². The van der Waals surface area contributed by atoms with Crippen LogP contribution in [0.25, 0.3) is 0 Å². The Hall–Kier alpha value is -3.75. The molecular formula is C27H25Cl2N3O5. The van der Waals surface area contributed by atoms with Crippen molar-refractivity contribution in [2.45, 2.75) is 26.5 Å². The monoisotopic (exact) mass is 541 g/mol. The second-order valence-electron chi connectivity index (χ2n) is 8.60. The molecule has 3 aromatic carbocycles. The Morgan fingerprint density at radius 2 is 1.81 bits per heavy atom. The molecule has 0 aliphatic carbocycles. The molecule has 0 aromatic heterocycles. The highest BCUT2D eigenvalue weighted by molar-refractivity contribution is 6.31. The van der Waals surface area contributed by atoms with Crippen molar-refractivity contribution in [2.75, 3.05) is 6.79 Å². The van der Waals surface area contributed by atoms with Crippen LogP contribution in [-0.2, 0) is 11.4 Å². The molecule has 0 bridgehead atoms. The molecule has 0 spiro atoms. The summed E-state index contributed by atoms with van der Waals surface area (Å²) in [6.07, 6.45) is 1.44. The van der Waals surface area contributed by atoms with Gasteiger partial charge in [0, 0.05) is 21.2 Å². The van der Waals surface area contributed by atoms with Crippen molar-refractivity contribution >= 4 is 41.2 Å². The molecule has 4 rings (SSSR count). The fourth-order valence-electron chi connectivity index (χ4n) is 3.57. The number of carbonyl (C=O) groups is 2. The number of rotatable bonds is 9. The number of halogens is 2. The van der Waals surface area contributed by atoms with E-state index >= 15 is 0 Å². The first-order valence-electron chi connectivity index (χ1n) is 11.5. The molecule has 1 aliphatic heterocycles. The summed E-state index contributed by atoms with van der Waals surface area (Å²) >= 11 is 12.2. The van der Waals surface area contributed by atoms with Crippen molar-refractivity contribution in [3.63, 3.8) is 0 Å². The summed E-state index contributed by atoms with van der Waals surface area (Å²) in [4.78, 5) is 25.7. The van der Waals surface area contributed by atoms with E-state index in [1.54, 1.807) is 42.5 Å². The average molecular weight is 542 g/mol. The van der Waals surface area contributed by atoms with Gasteiger partial charge >= 0.3 is 0 Å². The standard InChI is InChI=1S/C27H25Cl2N3O5/c1-16(2)25(31-26(33)18-6-8-23-24(12-18)37-15-36-23)27(34)32-30-13-19-11-21(29)7-9-22(19)35-14-17-4-3-5-20(28)10-17/h3-13,16,25H,14-15H2,1-2H3,(H,31,33)(H,32,34). The highest BCUT2D eigenvalue weighted by Gasteiger charge is 2.25. The number of hydrogen-bond donors (Lipinski definition) is 2. The molecule has 0 saturated carbocycles. The highest BCUT2D eigenvalue weighted by atomic mass is 35.5. The SMILES string of the molecule is CC(C)C(NC(=O)c1ccc2c(c1)OCO2)C(=O)NN=Cc1cc(Cl)ccc1OCc1cccc(Cl)c1. The summed E-state index contributed by atoms with van der Waals surface area (Å²) in [5.74, 6) is 0.500. The van der Waals surface area contributed by atoms with Crippen LogP contribution in [0.4, 0.5) is 0 Å². The summed E-state index contributed by atoms with van der Waals surface area (Å²) in [5, 5.41) is 7.93. The Kier molecular flexibility index (Phi) is 8.53. The van der Waals surface area contributed by atoms with Gasteiger partial charge in [-0.1, -0.05) is 49.2 Å². The molecule has 8 nitrogen and oxygen atoms in total. The van der Waals surface area contributed by atoms with Crippen LogP contribution in [0.1, 0.15) is 35.3 Å². The molecule has 0 saturated heterocycles. The van der Waals surface area contributed by atoms with Crippen LogP contribution in [-0.4, -0.2) is 30.9 Å². The van der Waals surface area contributed by atoms with Gasteiger partial charge in [0.2, 0.25) is 6.79 Å². The Morgan fingerprint density at radius 1 is 1.03 bits per heavy atom. The third-order valence-electron chi connectivity index (χ3n) is 5.50. The predicted molar refractivity (Wildman–Crippen MR) is 142 cm³/mol. The Labute approximate surface area is 224 Å². The summed E-state index contributed by atoms with van der Waals surface area (Å²) < 4.78 is 16.5. The maximum Gasteiger partial charge on any atom is 0.262 e. The first kappa shape index (κ1) is 26.3. The first-order chi connectivity index (χ1) is 17.8. The maximum absolute atomic E-state index is 12.9. The van der Waals surface area contributed by atoms with Crippen molar-refractivity contribution < 1.29 is 23.8 Å². The minimum Gasteiger partial charge on any atom is -0.488 e. The second kappa shape index (κ2) is 12.0. The summed E-state index contributed by atoms with van der Waals surface area (Å²) in [6, 6.07) is 16.5. The van der Waals surface area contributed by atoms with E-state index in [2.05, 4.69) is 15.8 Å². The van der Waals surface area contributed by atoms with Crippen molar-refractivity contribution in [2.24, 2.45) is 11.0 Å². The minimum atomic E-state index is -0.826. The molecule has 1 aliphatic rings. The van der Waals surface area contributed by atoms with Gasteiger partial charge < -0.3 is 19.5 Å². The van der Waals surface area contributed by atoms with Gasteiger partial charge in [0.1, 0.15) is 18.4 Å². The quantitative estimate of drug-likeness (QED) is 0.286. The van der Waals surface area contributed by atoms with Crippen LogP contribution >= 0.6 is 23.2 Å². The van der Waals surface area contributed by atoms with Gasteiger partial charge in [-0.2, -0.15) is 5.10 Å². The number of ether oxygens (including phenoxy) is 3. The van der Waals surface area contributed by atoms with Crippen molar-refractivity contribution in [3.05, 3.63) is 87.4 Å². The summed E-state index contributed by atoms with van der Waals surface area (Å²) in [6.45, 7) is 4.05. The van der Waals surface area contributed by atoms with Gasteiger partial charge in [0.05, 0.1) is 6.21 Å². The Bertz CT molecular complexity index is 1330. The Morgan fingerprint density at radius 3 is 2.59 bits per heavy atom. The number of amides is 2. The van der Waals surface area contributed by atoms with Crippen molar-refractivity contribution in [1.29, 1.82) is 0 Å². The lowest BCUT2D eigenvalue weighted by molar-refractivity contribution is -0.123. The molecule has 0 radical (unpaired) electrons. The fraction of sp³-hybridized carbons (Fsp3) is 0.222. The molecule has 2 amide bonds. The third-order valence-corrected chi connectivity index (χ3v) is 5.97. The molecule has 37 heavy (non-hydrogen) atoms. The van der Waals surface area contributed by atoms with Gasteiger partial charge in [-0.15, -0.1) is 0 Å². The van der Waals surface area contributed by atoms with Crippen molar-refractivity contribution in [1.82, 2.24) is 10.7 Å². The smallest absolute Gasteiger partial charge is 0.262 e. The molecule has 192 valence electrons. The zero-order valence-electron chi connectivity index (χ0n) is 20.2. The average Bonchev–Trinajstić information content (AvgIpc) is 3.34. The topological polar surface area (TPSA) is 98.2 Å². The van der Waals surface area contributed by atoms with Gasteiger partial charge in [0.25, 0.3) is 11.8 Å². The Balaban J connectivity index is 1.40. The molecule has 1 heterocycles. The van der Waals surface area contributed by atoms with Gasteiger partial charge in [-0.05, 0) is 60.0 Å². The molecular weight excluding hydrogens is 517 g/mol. The summed E-state index contributed by atoms with van der Waals surface area (Å²) in [7, 11) is 0. The molecule has 0 fully saturated rings. The number of benzene rings is 3. The molecule has 1 unspecified atom stereocenters. The number of nitrogens with one attached hydrogen (secondary N) is 2. The molecule has 10 heteroatoms. The van der Waals surface area contributed by atoms with Crippen LogP contribution in [0.5, 0.6) is 17.2 Å². The van der Waals surface area contributed by atoms with Crippen LogP contribution < -0.4 is 25.0 Å². The first-order valence-corrected chi connectivity index (χ1v) is 12.3. The van der Waals surface area contributed by atoms with E-state index < -0.39 is 17.9 Å². The lowest BCUT2D eigenvalue weighted by Gasteiger charge is -2.20. The van der Waals surface area contributed by atoms with Gasteiger partial charge in [-0.3, -0.25) is 9.59 Å². The van der Waals surface area contributed by atoms with E-state index in [0.717, 1.165) is 5.56 Å². The number of nitrogens with zero attached hydrogens (tertiary/aromatic N) is 1. The lowest BCUT2D eigenvalue weighted by Crippen LogP contribution is -2.48. The van der Waals surface area contributed by atoms with E-state index in [0.29, 0.717) is 38.4 Å². The predicted octanol–water partition coefficient (Wildman–Crippen LogP) is 5.21. The maximum atomic E-state index is 12.9. The van der Waals surface area contributed by atoms with Crippen LogP contribution in [0.15, 0.2) is 65.8 Å². The summed E-state index contributed by atoms with van der Waals surface area (Å²) in [5.41, 5.74) is 4.32. The third kappa shape index (κ3) is 6.93. The van der Waals surface area contributed by atoms with E-state index in [4.69, 9.17) is 37.4 Å². The molecule has 1 atom stereocenters. The normalized spacial score (nSPS) is 13.0. The van der Waals surface area contributed by atoms with Crippen LogP contribution in [0, 0.1) is 5.92 Å². The number of hydrazone groups is 1. The molecule has 3 aromatic rings. The van der Waals surface area contributed by atoms with Gasteiger partial charge in [-0.25, -0.2) is 5.43 Å². The lowest BCUT2D eigenvalue weighted by atomic mass is 10.0. The van der Waals surface area contributed by atoms with Crippen molar-refractivity contribution in [3.8, 4) is 17.2 Å². The minimum absolute atomic E-state index is 0.107. The van der Waals surface area contributed by atoms with Gasteiger partial charge in [0.15, 0.2) is 11.5 Å². The zero-order valence-corrected chi connectivity index (χ0v) is 21.7. The molecule has 2 N–H and O–H groups in total. The zero-order chi connectivity index (χ0) is 26.4. The number of fused-ring (bicyclic) bond motifs is 1.